The molecule has 8 nitrogen and oxygen atoms in total. The highest BCUT2D eigenvalue weighted by Gasteiger charge is 2.30. The second kappa shape index (κ2) is 8.34. The lowest BCUT2D eigenvalue weighted by Crippen LogP contribution is -2.41. The van der Waals surface area contributed by atoms with Crippen molar-refractivity contribution < 1.29 is 18.7 Å². The number of methoxy groups -OCH3 is 1. The van der Waals surface area contributed by atoms with Crippen molar-refractivity contribution in [3.05, 3.63) is 48.4 Å². The molecule has 2 aromatic rings. The molecular weight excluding hydrogens is 356 g/mol. The average molecular weight is 372 g/mol. The molecule has 1 aromatic heterocycles. The van der Waals surface area contributed by atoms with E-state index in [0.717, 1.165) is 11.8 Å². The summed E-state index contributed by atoms with van der Waals surface area (Å²) in [5.74, 6) is 0.664. The van der Waals surface area contributed by atoms with Gasteiger partial charge in [-0.2, -0.15) is 5.10 Å². The Hall–Kier alpha value is -3.07. The smallest absolute Gasteiger partial charge is 0.238 e. The maximum Gasteiger partial charge on any atom is 0.238 e. The van der Waals surface area contributed by atoms with Crippen LogP contribution >= 0.6 is 11.8 Å². The predicted molar refractivity (Wildman–Crippen MR) is 99.5 cm³/mol. The molecule has 1 fully saturated rings. The van der Waals surface area contributed by atoms with Gasteiger partial charge in [0.2, 0.25) is 11.8 Å². The van der Waals surface area contributed by atoms with Gasteiger partial charge in [-0.1, -0.05) is 11.8 Å². The Kier molecular flexibility index (Phi) is 5.69. The van der Waals surface area contributed by atoms with Crippen molar-refractivity contribution in [3.8, 4) is 5.75 Å². The molecule has 0 aliphatic carbocycles. The monoisotopic (exact) mass is 372 g/mol. The van der Waals surface area contributed by atoms with Crippen LogP contribution in [-0.4, -0.2) is 35.6 Å². The van der Waals surface area contributed by atoms with E-state index >= 15 is 0 Å². The molecule has 2 heterocycles. The molecule has 0 spiro atoms. The summed E-state index contributed by atoms with van der Waals surface area (Å²) in [5, 5.41) is 12.8. The van der Waals surface area contributed by atoms with Gasteiger partial charge in [-0.15, -0.1) is 5.10 Å². The van der Waals surface area contributed by atoms with E-state index in [-0.39, 0.29) is 23.4 Å². The summed E-state index contributed by atoms with van der Waals surface area (Å²) in [5.41, 5.74) is 0.622. The van der Waals surface area contributed by atoms with Gasteiger partial charge >= 0.3 is 0 Å². The van der Waals surface area contributed by atoms with Gasteiger partial charge < -0.3 is 19.8 Å². The van der Waals surface area contributed by atoms with Crippen LogP contribution in [-0.2, 0) is 9.59 Å². The fourth-order valence-corrected chi connectivity index (χ4v) is 3.08. The maximum absolute atomic E-state index is 12.4. The molecule has 3 rings (SSSR count). The first kappa shape index (κ1) is 17.7. The van der Waals surface area contributed by atoms with Crippen LogP contribution in [0.5, 0.6) is 5.75 Å². The molecule has 1 aliphatic rings. The van der Waals surface area contributed by atoms with Crippen molar-refractivity contribution in [2.75, 3.05) is 12.4 Å². The number of amidine groups is 1. The number of benzene rings is 1. The van der Waals surface area contributed by atoms with E-state index in [2.05, 4.69) is 20.8 Å². The second-order valence-electron chi connectivity index (χ2n) is 5.24. The first-order valence-corrected chi connectivity index (χ1v) is 8.58. The molecule has 134 valence electrons. The molecule has 26 heavy (non-hydrogen) atoms. The van der Waals surface area contributed by atoms with Gasteiger partial charge in [-0.05, 0) is 36.4 Å². The van der Waals surface area contributed by atoms with Gasteiger partial charge in [0.25, 0.3) is 0 Å². The highest BCUT2D eigenvalue weighted by atomic mass is 32.2. The molecule has 1 aliphatic heterocycles. The molecule has 1 aromatic carbocycles. The minimum Gasteiger partial charge on any atom is -0.497 e. The summed E-state index contributed by atoms with van der Waals surface area (Å²) in [7, 11) is 1.57. The van der Waals surface area contributed by atoms with E-state index in [1.807, 2.05) is 0 Å². The Balaban J connectivity index is 1.63. The molecule has 2 amide bonds. The van der Waals surface area contributed by atoms with E-state index in [0.29, 0.717) is 17.2 Å². The summed E-state index contributed by atoms with van der Waals surface area (Å²) in [6.45, 7) is 0. The number of hydrogen-bond donors (Lipinski definition) is 2. The Bertz CT molecular complexity index is 831. The molecule has 0 unspecified atom stereocenters. The number of anilines is 1. The van der Waals surface area contributed by atoms with Crippen LogP contribution < -0.4 is 15.4 Å². The number of rotatable bonds is 5. The fraction of sp³-hybridized carbons (Fsp3) is 0.176. The lowest BCUT2D eigenvalue weighted by Gasteiger charge is -2.21. The summed E-state index contributed by atoms with van der Waals surface area (Å²) >= 11 is 1.14. The van der Waals surface area contributed by atoms with E-state index < -0.39 is 5.25 Å². The fourth-order valence-electron chi connectivity index (χ4n) is 2.14. The second-order valence-corrected chi connectivity index (χ2v) is 6.43. The SMILES string of the molecule is COc1ccc(NC(=O)[C@H]2CC(=O)NC(=N/N=C/c3ccco3)S2)cc1. The Morgan fingerprint density at radius 3 is 2.88 bits per heavy atom. The van der Waals surface area contributed by atoms with Crippen molar-refractivity contribution in [1.82, 2.24) is 5.32 Å². The van der Waals surface area contributed by atoms with Gasteiger partial charge in [0.1, 0.15) is 16.8 Å². The van der Waals surface area contributed by atoms with Crippen molar-refractivity contribution in [3.63, 3.8) is 0 Å². The van der Waals surface area contributed by atoms with Crippen LogP contribution in [0.15, 0.2) is 57.3 Å². The summed E-state index contributed by atoms with van der Waals surface area (Å²) in [4.78, 5) is 24.3. The number of furan rings is 1. The number of nitrogens with one attached hydrogen (secondary N) is 2. The third-order valence-corrected chi connectivity index (χ3v) is 4.47. The summed E-state index contributed by atoms with van der Waals surface area (Å²) in [6, 6.07) is 10.4. The first-order chi connectivity index (χ1) is 12.6. The lowest BCUT2D eigenvalue weighted by molar-refractivity contribution is -0.123. The van der Waals surface area contributed by atoms with Gasteiger partial charge in [-0.3, -0.25) is 9.59 Å². The largest absolute Gasteiger partial charge is 0.497 e. The topological polar surface area (TPSA) is 105 Å². The van der Waals surface area contributed by atoms with Crippen LogP contribution in [0.25, 0.3) is 0 Å². The molecular formula is C17H16N4O4S. The normalized spacial score (nSPS) is 18.7. The Labute approximate surface area is 153 Å². The average Bonchev–Trinajstić information content (AvgIpc) is 3.15. The van der Waals surface area contributed by atoms with Crippen LogP contribution in [0.1, 0.15) is 12.2 Å². The van der Waals surface area contributed by atoms with Crippen LogP contribution in [0, 0.1) is 0 Å². The summed E-state index contributed by atoms with van der Waals surface area (Å²) in [6.07, 6.45) is 3.00. The van der Waals surface area contributed by atoms with Crippen molar-refractivity contribution in [2.24, 2.45) is 10.2 Å². The van der Waals surface area contributed by atoms with E-state index in [1.54, 1.807) is 43.5 Å². The molecule has 9 heteroatoms. The number of ether oxygens (including phenoxy) is 1. The number of amides is 2. The third kappa shape index (κ3) is 4.73. The number of hydrogen-bond acceptors (Lipinski definition) is 7. The Morgan fingerprint density at radius 1 is 1.38 bits per heavy atom. The highest BCUT2D eigenvalue weighted by molar-refractivity contribution is 8.15. The molecule has 1 atom stereocenters. The van der Waals surface area contributed by atoms with Crippen LogP contribution in [0.2, 0.25) is 0 Å². The maximum atomic E-state index is 12.4. The van der Waals surface area contributed by atoms with E-state index in [9.17, 15) is 9.59 Å². The van der Waals surface area contributed by atoms with Gasteiger partial charge in [-0.25, -0.2) is 0 Å². The lowest BCUT2D eigenvalue weighted by atomic mass is 10.2. The first-order valence-electron chi connectivity index (χ1n) is 7.70. The predicted octanol–water partition coefficient (Wildman–Crippen LogP) is 2.24. The molecule has 0 radical (unpaired) electrons. The number of carbonyl (C=O) groups excluding carboxylic acids is 2. The van der Waals surface area contributed by atoms with Gasteiger partial charge in [0.05, 0.1) is 19.6 Å². The minimum atomic E-state index is -0.594. The van der Waals surface area contributed by atoms with E-state index in [1.165, 1.54) is 12.5 Å². The van der Waals surface area contributed by atoms with Crippen molar-refractivity contribution in [1.29, 1.82) is 0 Å². The third-order valence-electron chi connectivity index (χ3n) is 3.40. The van der Waals surface area contributed by atoms with E-state index in [4.69, 9.17) is 9.15 Å². The molecule has 0 saturated carbocycles. The number of carbonyl (C=O) groups is 2. The zero-order valence-electron chi connectivity index (χ0n) is 13.8. The quantitative estimate of drug-likeness (QED) is 0.619. The molecule has 2 N–H and O–H groups in total. The number of nitrogens with zero attached hydrogens (tertiary/aromatic N) is 2. The molecule has 1 saturated heterocycles. The van der Waals surface area contributed by atoms with Crippen LogP contribution in [0.3, 0.4) is 0 Å². The number of thioether (sulfide) groups is 1. The standard InChI is InChI=1S/C17H16N4O4S/c1-24-12-6-4-11(5-7-12)19-16(23)14-9-15(22)20-17(26-14)21-18-10-13-3-2-8-25-13/h2-8,10,14H,9H2,1H3,(H,19,23)(H,20,21,22)/b18-10+/t14-/m1/s1. The van der Waals surface area contributed by atoms with Crippen molar-refractivity contribution >= 4 is 40.6 Å². The highest BCUT2D eigenvalue weighted by Crippen LogP contribution is 2.23. The van der Waals surface area contributed by atoms with Crippen molar-refractivity contribution in [2.45, 2.75) is 11.7 Å². The van der Waals surface area contributed by atoms with Gasteiger partial charge in [0.15, 0.2) is 5.17 Å². The Morgan fingerprint density at radius 2 is 2.19 bits per heavy atom. The molecule has 0 bridgehead atoms. The zero-order valence-corrected chi connectivity index (χ0v) is 14.7. The summed E-state index contributed by atoms with van der Waals surface area (Å²) < 4.78 is 10.2. The minimum absolute atomic E-state index is 0.0631. The van der Waals surface area contributed by atoms with Gasteiger partial charge in [0, 0.05) is 12.1 Å². The van der Waals surface area contributed by atoms with Crippen LogP contribution in [0.4, 0.5) is 5.69 Å². The zero-order chi connectivity index (χ0) is 18.4.